The number of hydrogen-bond acceptors (Lipinski definition) is 4. The number of aromatic amines is 1. The van der Waals surface area contributed by atoms with E-state index in [1.165, 1.54) is 6.07 Å². The molecule has 0 amide bonds. The van der Waals surface area contributed by atoms with Gasteiger partial charge in [-0.15, -0.1) is 0 Å². The van der Waals surface area contributed by atoms with E-state index in [-0.39, 0.29) is 5.56 Å². The molecule has 0 atom stereocenters. The van der Waals surface area contributed by atoms with Crippen molar-refractivity contribution in [3.8, 4) is 11.6 Å². The number of furan rings is 1. The van der Waals surface area contributed by atoms with E-state index in [9.17, 15) is 4.79 Å². The van der Waals surface area contributed by atoms with Crippen molar-refractivity contribution in [2.45, 2.75) is 6.42 Å². The molecule has 2 aromatic heterocycles. The Morgan fingerprint density at radius 1 is 1.50 bits per heavy atom. The number of aromatic nitrogens is 2. The topological polar surface area (TPSA) is 84.9 Å². The van der Waals surface area contributed by atoms with Crippen LogP contribution in [0.15, 0.2) is 32.1 Å². The first-order valence-corrected chi connectivity index (χ1v) is 5.54. The summed E-state index contributed by atoms with van der Waals surface area (Å²) in [5.41, 5.74) is 5.87. The van der Waals surface area contributed by atoms with E-state index in [0.29, 0.717) is 34.9 Å². The van der Waals surface area contributed by atoms with E-state index in [0.717, 1.165) is 0 Å². The second-order valence-corrected chi connectivity index (χ2v) is 4.01. The molecule has 0 aromatic carbocycles. The Hall–Kier alpha value is -1.40. The van der Waals surface area contributed by atoms with Crippen LogP contribution in [0.1, 0.15) is 5.69 Å². The molecule has 0 radical (unpaired) electrons. The third-order valence-electron chi connectivity index (χ3n) is 2.00. The van der Waals surface area contributed by atoms with Crippen molar-refractivity contribution in [3.05, 3.63) is 38.9 Å². The third-order valence-corrected chi connectivity index (χ3v) is 2.43. The number of H-pyrrole nitrogens is 1. The van der Waals surface area contributed by atoms with Gasteiger partial charge in [0.1, 0.15) is 0 Å². The predicted octanol–water partition coefficient (Wildman–Crippen LogP) is 1.29. The summed E-state index contributed by atoms with van der Waals surface area (Å²) >= 11 is 3.19. The Kier molecular flexibility index (Phi) is 3.21. The zero-order chi connectivity index (χ0) is 11.5. The summed E-state index contributed by atoms with van der Waals surface area (Å²) in [7, 11) is 0. The Morgan fingerprint density at radius 3 is 2.94 bits per heavy atom. The standard InChI is InChI=1S/C10H10BrN3O2/c11-8-2-1-7(16-8)10-13-6(3-4-12)5-9(15)14-10/h1-2,5H,3-4,12H2,(H,13,14,15). The molecule has 6 heteroatoms. The van der Waals surface area contributed by atoms with Crippen molar-refractivity contribution in [1.82, 2.24) is 9.97 Å². The molecule has 2 heterocycles. The molecule has 0 bridgehead atoms. The van der Waals surface area contributed by atoms with Gasteiger partial charge in [-0.2, -0.15) is 0 Å². The number of hydrogen-bond donors (Lipinski definition) is 2. The minimum absolute atomic E-state index is 0.207. The summed E-state index contributed by atoms with van der Waals surface area (Å²) in [6.45, 7) is 0.456. The van der Waals surface area contributed by atoms with Gasteiger partial charge >= 0.3 is 0 Å². The number of halogens is 1. The maximum atomic E-state index is 11.4. The predicted molar refractivity (Wildman–Crippen MR) is 63.0 cm³/mol. The zero-order valence-corrected chi connectivity index (χ0v) is 9.95. The minimum Gasteiger partial charge on any atom is -0.446 e. The smallest absolute Gasteiger partial charge is 0.251 e. The first-order chi connectivity index (χ1) is 7.69. The van der Waals surface area contributed by atoms with Gasteiger partial charge in [-0.1, -0.05) is 0 Å². The van der Waals surface area contributed by atoms with Gasteiger partial charge in [0.15, 0.2) is 16.3 Å². The van der Waals surface area contributed by atoms with Crippen LogP contribution in [-0.2, 0) is 6.42 Å². The van der Waals surface area contributed by atoms with E-state index in [1.54, 1.807) is 12.1 Å². The second kappa shape index (κ2) is 4.63. The molecule has 2 rings (SSSR count). The highest BCUT2D eigenvalue weighted by Gasteiger charge is 2.07. The van der Waals surface area contributed by atoms with Crippen molar-refractivity contribution in [1.29, 1.82) is 0 Å². The molecule has 0 unspecified atom stereocenters. The molecule has 0 saturated carbocycles. The van der Waals surface area contributed by atoms with E-state index in [1.807, 2.05) is 0 Å². The molecule has 2 aromatic rings. The average molecular weight is 284 g/mol. The molecule has 0 aliphatic heterocycles. The van der Waals surface area contributed by atoms with Crippen molar-refractivity contribution in [3.63, 3.8) is 0 Å². The molecule has 5 nitrogen and oxygen atoms in total. The third kappa shape index (κ3) is 2.40. The maximum Gasteiger partial charge on any atom is 0.251 e. The average Bonchev–Trinajstić information content (AvgIpc) is 2.64. The Bertz CT molecular complexity index is 547. The Morgan fingerprint density at radius 2 is 2.31 bits per heavy atom. The summed E-state index contributed by atoms with van der Waals surface area (Å²) in [6.07, 6.45) is 0.568. The molecule has 16 heavy (non-hydrogen) atoms. The zero-order valence-electron chi connectivity index (χ0n) is 8.37. The minimum atomic E-state index is -0.207. The highest BCUT2D eigenvalue weighted by atomic mass is 79.9. The number of nitrogens with two attached hydrogens (primary N) is 1. The molecule has 0 aliphatic carbocycles. The number of nitrogens with zero attached hydrogens (tertiary/aromatic N) is 1. The molecule has 0 saturated heterocycles. The largest absolute Gasteiger partial charge is 0.446 e. The fourth-order valence-corrected chi connectivity index (χ4v) is 1.65. The van der Waals surface area contributed by atoms with E-state index >= 15 is 0 Å². The summed E-state index contributed by atoms with van der Waals surface area (Å²) in [4.78, 5) is 18.2. The fourth-order valence-electron chi connectivity index (χ4n) is 1.34. The van der Waals surface area contributed by atoms with Crippen LogP contribution in [0.3, 0.4) is 0 Å². The lowest BCUT2D eigenvalue weighted by molar-refractivity contribution is 0.550. The van der Waals surface area contributed by atoms with Crippen molar-refractivity contribution >= 4 is 15.9 Å². The van der Waals surface area contributed by atoms with Gasteiger partial charge in [-0.05, 0) is 34.6 Å². The normalized spacial score (nSPS) is 10.6. The Balaban J connectivity index is 2.44. The summed E-state index contributed by atoms with van der Waals surface area (Å²) < 4.78 is 5.90. The summed E-state index contributed by atoms with van der Waals surface area (Å²) in [5, 5.41) is 0. The molecule has 0 fully saturated rings. The van der Waals surface area contributed by atoms with Crippen LogP contribution >= 0.6 is 15.9 Å². The van der Waals surface area contributed by atoms with Crippen LogP contribution in [0.2, 0.25) is 0 Å². The van der Waals surface area contributed by atoms with E-state index in [2.05, 4.69) is 25.9 Å². The van der Waals surface area contributed by atoms with Gasteiger partial charge < -0.3 is 15.1 Å². The van der Waals surface area contributed by atoms with Crippen LogP contribution < -0.4 is 11.3 Å². The van der Waals surface area contributed by atoms with Gasteiger partial charge in [-0.3, -0.25) is 4.79 Å². The lowest BCUT2D eigenvalue weighted by atomic mass is 10.3. The number of rotatable bonds is 3. The maximum absolute atomic E-state index is 11.4. The Labute approximate surface area is 99.8 Å². The van der Waals surface area contributed by atoms with Crippen LogP contribution in [0.5, 0.6) is 0 Å². The van der Waals surface area contributed by atoms with Gasteiger partial charge in [0.05, 0.1) is 0 Å². The van der Waals surface area contributed by atoms with Crippen molar-refractivity contribution in [2.24, 2.45) is 5.73 Å². The van der Waals surface area contributed by atoms with Gasteiger partial charge in [0.2, 0.25) is 0 Å². The first kappa shape index (κ1) is 11.1. The highest BCUT2D eigenvalue weighted by molar-refractivity contribution is 9.10. The quantitative estimate of drug-likeness (QED) is 0.889. The summed E-state index contributed by atoms with van der Waals surface area (Å²) in [6, 6.07) is 4.91. The monoisotopic (exact) mass is 283 g/mol. The van der Waals surface area contributed by atoms with Crippen LogP contribution in [0.25, 0.3) is 11.6 Å². The molecular formula is C10H10BrN3O2. The van der Waals surface area contributed by atoms with Crippen molar-refractivity contribution < 1.29 is 4.42 Å². The van der Waals surface area contributed by atoms with Crippen LogP contribution in [0.4, 0.5) is 0 Å². The molecule has 0 aliphatic rings. The molecule has 84 valence electrons. The lowest BCUT2D eigenvalue weighted by Gasteiger charge is -2.00. The summed E-state index contributed by atoms with van der Waals surface area (Å²) in [5.74, 6) is 0.935. The van der Waals surface area contributed by atoms with Gasteiger partial charge in [0, 0.05) is 18.2 Å². The molecule has 0 spiro atoms. The van der Waals surface area contributed by atoms with Gasteiger partial charge in [-0.25, -0.2) is 4.98 Å². The number of nitrogens with one attached hydrogen (secondary N) is 1. The second-order valence-electron chi connectivity index (χ2n) is 3.23. The first-order valence-electron chi connectivity index (χ1n) is 4.75. The van der Waals surface area contributed by atoms with Gasteiger partial charge in [0.25, 0.3) is 5.56 Å². The highest BCUT2D eigenvalue weighted by Crippen LogP contribution is 2.21. The SMILES string of the molecule is NCCc1cc(=O)[nH]c(-c2ccc(Br)o2)n1. The molecule has 3 N–H and O–H groups in total. The van der Waals surface area contributed by atoms with Crippen LogP contribution in [-0.4, -0.2) is 16.5 Å². The van der Waals surface area contributed by atoms with Crippen molar-refractivity contribution in [2.75, 3.05) is 6.54 Å². The van der Waals surface area contributed by atoms with E-state index < -0.39 is 0 Å². The molecular weight excluding hydrogens is 274 g/mol. The lowest BCUT2D eigenvalue weighted by Crippen LogP contribution is -2.13. The van der Waals surface area contributed by atoms with Crippen LogP contribution in [0, 0.1) is 0 Å². The fraction of sp³-hybridized carbons (Fsp3) is 0.200. The van der Waals surface area contributed by atoms with E-state index in [4.69, 9.17) is 10.2 Å².